The van der Waals surface area contributed by atoms with E-state index in [1.165, 1.54) is 27.8 Å². The number of amides is 1. The molecule has 0 fully saturated rings. The highest BCUT2D eigenvalue weighted by Gasteiger charge is 2.26. The van der Waals surface area contributed by atoms with Gasteiger partial charge in [0.2, 0.25) is 0 Å². The summed E-state index contributed by atoms with van der Waals surface area (Å²) in [5.74, 6) is -0.847. The predicted octanol–water partition coefficient (Wildman–Crippen LogP) is 7.66. The molecule has 0 atom stereocenters. The van der Waals surface area contributed by atoms with Crippen LogP contribution in [0.4, 0.5) is 26.2 Å². The van der Waals surface area contributed by atoms with Crippen molar-refractivity contribution in [1.82, 2.24) is 0 Å². The first-order valence-corrected chi connectivity index (χ1v) is 13.9. The Morgan fingerprint density at radius 3 is 2.50 bits per heavy atom. The molecule has 7 heteroatoms. The molecular weight excluding hydrogens is 507 g/mol. The first-order valence-electron chi connectivity index (χ1n) is 13.9. The second-order valence-electron chi connectivity index (χ2n) is 11.2. The number of ether oxygens (including phenoxy) is 2. The average molecular weight is 547 g/mol. The number of rotatable bonds is 8. The van der Waals surface area contributed by atoms with E-state index >= 15 is 4.39 Å². The van der Waals surface area contributed by atoms with Gasteiger partial charge >= 0.3 is 12.1 Å². The predicted molar refractivity (Wildman–Crippen MR) is 157 cm³/mol. The Bertz CT molecular complexity index is 1360. The summed E-state index contributed by atoms with van der Waals surface area (Å²) in [4.78, 5) is 28.9. The van der Waals surface area contributed by atoms with Crippen molar-refractivity contribution < 1.29 is 23.5 Å². The molecule has 212 valence electrons. The summed E-state index contributed by atoms with van der Waals surface area (Å²) in [7, 11) is 0. The maximum absolute atomic E-state index is 15.2. The zero-order valence-electron chi connectivity index (χ0n) is 24.1. The average Bonchev–Trinajstić information content (AvgIpc) is 2.90. The van der Waals surface area contributed by atoms with E-state index in [1.54, 1.807) is 39.8 Å². The molecule has 1 aliphatic heterocycles. The molecule has 1 aliphatic rings. The van der Waals surface area contributed by atoms with Gasteiger partial charge < -0.3 is 14.4 Å². The van der Waals surface area contributed by atoms with Crippen LogP contribution in [0.25, 0.3) is 0 Å². The lowest BCUT2D eigenvalue weighted by Gasteiger charge is -2.33. The fraction of sp³-hybridized carbons (Fsp3) is 0.394. The molecule has 0 aromatic heterocycles. The molecule has 0 bridgehead atoms. The van der Waals surface area contributed by atoms with Crippen molar-refractivity contribution in [3.63, 3.8) is 0 Å². The van der Waals surface area contributed by atoms with Gasteiger partial charge in [-0.3, -0.25) is 9.69 Å². The second-order valence-corrected chi connectivity index (χ2v) is 11.2. The van der Waals surface area contributed by atoms with Crippen LogP contribution in [0.5, 0.6) is 0 Å². The van der Waals surface area contributed by atoms with Crippen LogP contribution in [-0.2, 0) is 33.7 Å². The van der Waals surface area contributed by atoms with Gasteiger partial charge in [0.05, 0.1) is 18.8 Å². The molecule has 0 N–H and O–H groups in total. The Morgan fingerprint density at radius 1 is 1.02 bits per heavy atom. The SMILES string of the molecule is CCOC(=O)CCc1ccc(N(Cc2ccc3c(c2)N(c2ccccc2C)CCC3)C(=O)OC(C)(C)C)cc1F. The minimum Gasteiger partial charge on any atom is -0.466 e. The monoisotopic (exact) mass is 546 g/mol. The molecule has 3 aromatic rings. The highest BCUT2D eigenvalue weighted by Crippen LogP contribution is 2.36. The second kappa shape index (κ2) is 12.5. The molecule has 3 aromatic carbocycles. The van der Waals surface area contributed by atoms with Crippen LogP contribution in [0.1, 0.15) is 62.8 Å². The van der Waals surface area contributed by atoms with Crippen molar-refractivity contribution in [3.8, 4) is 0 Å². The number of esters is 1. The van der Waals surface area contributed by atoms with Crippen LogP contribution in [0.2, 0.25) is 0 Å². The van der Waals surface area contributed by atoms with Gasteiger partial charge in [-0.2, -0.15) is 0 Å². The quantitative estimate of drug-likeness (QED) is 0.272. The number of anilines is 3. The van der Waals surface area contributed by atoms with Crippen LogP contribution < -0.4 is 9.80 Å². The normalized spacial score (nSPS) is 13.0. The number of hydrogen-bond donors (Lipinski definition) is 0. The van der Waals surface area contributed by atoms with Crippen LogP contribution in [0.15, 0.2) is 60.7 Å². The minimum atomic E-state index is -0.717. The Balaban J connectivity index is 1.64. The third-order valence-electron chi connectivity index (χ3n) is 6.88. The Morgan fingerprint density at radius 2 is 1.80 bits per heavy atom. The summed E-state index contributed by atoms with van der Waals surface area (Å²) in [6.07, 6.45) is 1.81. The van der Waals surface area contributed by atoms with Gasteiger partial charge in [-0.05, 0) is 100 Å². The summed E-state index contributed by atoms with van der Waals surface area (Å²) in [5, 5.41) is 0. The number of nitrogens with zero attached hydrogens (tertiary/aromatic N) is 2. The van der Waals surface area contributed by atoms with Gasteiger partial charge in [-0.25, -0.2) is 9.18 Å². The smallest absolute Gasteiger partial charge is 0.415 e. The highest BCUT2D eigenvalue weighted by molar-refractivity contribution is 5.88. The maximum atomic E-state index is 15.2. The highest BCUT2D eigenvalue weighted by atomic mass is 19.1. The van der Waals surface area contributed by atoms with E-state index in [1.807, 2.05) is 12.1 Å². The van der Waals surface area contributed by atoms with E-state index in [0.29, 0.717) is 11.3 Å². The molecule has 6 nitrogen and oxygen atoms in total. The molecule has 4 rings (SSSR count). The minimum absolute atomic E-state index is 0.0897. The number of para-hydroxylation sites is 1. The number of fused-ring (bicyclic) bond motifs is 1. The first-order chi connectivity index (χ1) is 19.1. The van der Waals surface area contributed by atoms with Crippen molar-refractivity contribution in [2.75, 3.05) is 23.0 Å². The van der Waals surface area contributed by atoms with E-state index in [9.17, 15) is 9.59 Å². The largest absolute Gasteiger partial charge is 0.466 e. The number of benzene rings is 3. The summed E-state index contributed by atoms with van der Waals surface area (Å²) in [6.45, 7) is 10.7. The van der Waals surface area contributed by atoms with E-state index in [4.69, 9.17) is 9.47 Å². The number of carbonyl (C=O) groups excluding carboxylic acids is 2. The summed E-state index contributed by atoms with van der Waals surface area (Å²) in [5.41, 5.74) is 5.74. The Kier molecular flexibility index (Phi) is 9.13. The van der Waals surface area contributed by atoms with Crippen molar-refractivity contribution in [3.05, 3.63) is 88.7 Å². The summed E-state index contributed by atoms with van der Waals surface area (Å²) < 4.78 is 25.8. The van der Waals surface area contributed by atoms with E-state index < -0.39 is 17.5 Å². The van der Waals surface area contributed by atoms with Crippen LogP contribution in [0.3, 0.4) is 0 Å². The van der Waals surface area contributed by atoms with E-state index in [-0.39, 0.29) is 32.0 Å². The Hall–Kier alpha value is -3.87. The van der Waals surface area contributed by atoms with Crippen molar-refractivity contribution in [2.24, 2.45) is 0 Å². The summed E-state index contributed by atoms with van der Waals surface area (Å²) in [6, 6.07) is 19.3. The fourth-order valence-electron chi connectivity index (χ4n) is 4.97. The topological polar surface area (TPSA) is 59.1 Å². The third kappa shape index (κ3) is 7.20. The van der Waals surface area contributed by atoms with Gasteiger partial charge in [0.15, 0.2) is 0 Å². The first kappa shape index (κ1) is 29.1. The molecule has 1 heterocycles. The van der Waals surface area contributed by atoms with Gasteiger partial charge in [0, 0.05) is 24.3 Å². The zero-order chi connectivity index (χ0) is 28.9. The molecule has 0 unspecified atom stereocenters. The van der Waals surface area contributed by atoms with Crippen molar-refractivity contribution >= 4 is 29.1 Å². The number of aryl methyl sites for hydroxylation is 3. The standard InChI is InChI=1S/C33H39FN2O4/c1-6-39-31(37)18-16-25-15-17-27(21-28(25)34)36(32(38)40-33(3,4)5)22-24-13-14-26-11-9-19-35(30(26)20-24)29-12-8-7-10-23(29)2/h7-8,10,12-15,17,20-21H,6,9,11,16,18-19,22H2,1-5H3. The number of halogens is 1. The van der Waals surface area contributed by atoms with Crippen LogP contribution >= 0.6 is 0 Å². The van der Waals surface area contributed by atoms with Gasteiger partial charge in [0.1, 0.15) is 11.4 Å². The van der Waals surface area contributed by atoms with Gasteiger partial charge in [-0.1, -0.05) is 36.4 Å². The molecule has 0 spiro atoms. The molecule has 0 saturated carbocycles. The number of carbonyl (C=O) groups is 2. The molecular formula is C33H39FN2O4. The Labute approximate surface area is 236 Å². The summed E-state index contributed by atoms with van der Waals surface area (Å²) >= 11 is 0. The van der Waals surface area contributed by atoms with Crippen LogP contribution in [0, 0.1) is 12.7 Å². The van der Waals surface area contributed by atoms with Crippen LogP contribution in [-0.4, -0.2) is 30.8 Å². The van der Waals surface area contributed by atoms with Gasteiger partial charge in [0.25, 0.3) is 0 Å². The van der Waals surface area contributed by atoms with E-state index in [0.717, 1.165) is 30.6 Å². The molecule has 0 radical (unpaired) electrons. The number of hydrogen-bond acceptors (Lipinski definition) is 5. The lowest BCUT2D eigenvalue weighted by molar-refractivity contribution is -0.143. The molecule has 0 aliphatic carbocycles. The molecule has 40 heavy (non-hydrogen) atoms. The molecule has 1 amide bonds. The lowest BCUT2D eigenvalue weighted by Crippen LogP contribution is -2.36. The van der Waals surface area contributed by atoms with E-state index in [2.05, 4.69) is 42.2 Å². The zero-order valence-corrected chi connectivity index (χ0v) is 24.1. The van der Waals surface area contributed by atoms with Crippen molar-refractivity contribution in [2.45, 2.75) is 72.4 Å². The van der Waals surface area contributed by atoms with Crippen molar-refractivity contribution in [1.29, 1.82) is 0 Å². The lowest BCUT2D eigenvalue weighted by atomic mass is 9.98. The van der Waals surface area contributed by atoms with Gasteiger partial charge in [-0.15, -0.1) is 0 Å². The fourth-order valence-corrected chi connectivity index (χ4v) is 4.97. The third-order valence-corrected chi connectivity index (χ3v) is 6.88. The maximum Gasteiger partial charge on any atom is 0.415 e. The molecule has 0 saturated heterocycles.